The van der Waals surface area contributed by atoms with Crippen molar-refractivity contribution in [2.24, 2.45) is 5.92 Å². The molecule has 0 aromatic heterocycles. The lowest BCUT2D eigenvalue weighted by Crippen LogP contribution is -2.31. The van der Waals surface area contributed by atoms with Crippen LogP contribution in [0.25, 0.3) is 0 Å². The molecule has 1 fully saturated rings. The van der Waals surface area contributed by atoms with Crippen LogP contribution in [-0.4, -0.2) is 18.9 Å². The highest BCUT2D eigenvalue weighted by molar-refractivity contribution is 5.78. The summed E-state index contributed by atoms with van der Waals surface area (Å²) in [5.74, 6) is 0.735. The molecule has 0 aromatic carbocycles. The van der Waals surface area contributed by atoms with Crippen molar-refractivity contribution < 1.29 is 4.79 Å². The molecule has 2 nitrogen and oxygen atoms in total. The quantitative estimate of drug-likeness (QED) is 0.688. The minimum absolute atomic E-state index is 0. The molecule has 72 valence electrons. The smallest absolute Gasteiger partial charge is 0.132 e. The van der Waals surface area contributed by atoms with Crippen molar-refractivity contribution in [3.05, 3.63) is 0 Å². The molecule has 12 heavy (non-hydrogen) atoms. The van der Waals surface area contributed by atoms with Crippen molar-refractivity contribution in [3.63, 3.8) is 0 Å². The molecule has 0 amide bonds. The van der Waals surface area contributed by atoms with Crippen LogP contribution in [0, 0.1) is 5.92 Å². The van der Waals surface area contributed by atoms with E-state index in [0.29, 0.717) is 17.7 Å². The fourth-order valence-electron chi connectivity index (χ4n) is 1.79. The second-order valence-corrected chi connectivity index (χ2v) is 3.45. The second-order valence-electron chi connectivity index (χ2n) is 3.45. The molecule has 1 N–H and O–H groups in total. The van der Waals surface area contributed by atoms with Gasteiger partial charge in [-0.15, -0.1) is 0 Å². The van der Waals surface area contributed by atoms with E-state index in [-0.39, 0.29) is 7.43 Å². The highest BCUT2D eigenvalue weighted by Crippen LogP contribution is 2.24. The first-order valence-electron chi connectivity index (χ1n) is 4.41. The molecule has 1 saturated carbocycles. The van der Waals surface area contributed by atoms with Crippen LogP contribution in [0.5, 0.6) is 0 Å². The average Bonchev–Trinajstić information content (AvgIpc) is 2.05. The van der Waals surface area contributed by atoms with Gasteiger partial charge < -0.3 is 5.32 Å². The van der Waals surface area contributed by atoms with E-state index in [1.54, 1.807) is 6.92 Å². The van der Waals surface area contributed by atoms with Crippen LogP contribution in [-0.2, 0) is 4.79 Å². The Hall–Kier alpha value is -0.370. The van der Waals surface area contributed by atoms with Crippen molar-refractivity contribution in [2.75, 3.05) is 7.05 Å². The Kier molecular flexibility index (Phi) is 5.14. The average molecular weight is 171 g/mol. The van der Waals surface area contributed by atoms with Crippen LogP contribution in [0.2, 0.25) is 0 Å². The van der Waals surface area contributed by atoms with Crippen LogP contribution in [0.15, 0.2) is 0 Å². The fraction of sp³-hybridized carbons (Fsp3) is 0.900. The molecule has 1 rings (SSSR count). The molecule has 0 atom stereocenters. The Morgan fingerprint density at radius 1 is 1.25 bits per heavy atom. The Balaban J connectivity index is 0.00000121. The third-order valence-electron chi connectivity index (χ3n) is 2.71. The maximum Gasteiger partial charge on any atom is 0.132 e. The minimum atomic E-state index is 0. The van der Waals surface area contributed by atoms with Crippen molar-refractivity contribution in [3.8, 4) is 0 Å². The summed E-state index contributed by atoms with van der Waals surface area (Å²) in [6.45, 7) is 1.71. The molecule has 0 spiro atoms. The van der Waals surface area contributed by atoms with Crippen LogP contribution in [0.4, 0.5) is 0 Å². The van der Waals surface area contributed by atoms with Gasteiger partial charge in [-0.1, -0.05) is 7.43 Å². The van der Waals surface area contributed by atoms with E-state index >= 15 is 0 Å². The van der Waals surface area contributed by atoms with Gasteiger partial charge in [-0.05, 0) is 39.7 Å². The lowest BCUT2D eigenvalue weighted by Gasteiger charge is -2.26. The monoisotopic (exact) mass is 171 g/mol. The summed E-state index contributed by atoms with van der Waals surface area (Å²) in [7, 11) is 2.00. The predicted octanol–water partition coefficient (Wildman–Crippen LogP) is 1.99. The summed E-state index contributed by atoms with van der Waals surface area (Å²) in [6, 6.07) is 0.658. The third-order valence-corrected chi connectivity index (χ3v) is 2.71. The molecular weight excluding hydrogens is 150 g/mol. The highest BCUT2D eigenvalue weighted by Gasteiger charge is 2.22. The summed E-state index contributed by atoms with van der Waals surface area (Å²) in [6.07, 6.45) is 4.50. The number of ketones is 1. The van der Waals surface area contributed by atoms with Gasteiger partial charge in [-0.3, -0.25) is 4.79 Å². The van der Waals surface area contributed by atoms with Crippen molar-refractivity contribution >= 4 is 5.78 Å². The number of rotatable bonds is 2. The Bertz CT molecular complexity index is 137. The standard InChI is InChI=1S/C9H17NO.CH4/c1-7(11)8-3-5-9(10-2)6-4-8;/h8-10H,3-6H2,1-2H3;1H4. The number of hydrogen-bond acceptors (Lipinski definition) is 2. The molecule has 0 saturated heterocycles. The van der Waals surface area contributed by atoms with Gasteiger partial charge in [0.05, 0.1) is 0 Å². The second kappa shape index (κ2) is 5.31. The summed E-state index contributed by atoms with van der Waals surface area (Å²) >= 11 is 0. The van der Waals surface area contributed by atoms with Crippen LogP contribution < -0.4 is 5.32 Å². The molecule has 0 radical (unpaired) electrons. The van der Waals surface area contributed by atoms with Gasteiger partial charge in [-0.2, -0.15) is 0 Å². The van der Waals surface area contributed by atoms with Gasteiger partial charge in [0.25, 0.3) is 0 Å². The van der Waals surface area contributed by atoms with Gasteiger partial charge in [0.1, 0.15) is 5.78 Å². The SMILES string of the molecule is C.CNC1CCC(C(C)=O)CC1. The van der Waals surface area contributed by atoms with E-state index < -0.39 is 0 Å². The zero-order valence-corrected chi connectivity index (χ0v) is 7.39. The predicted molar refractivity (Wildman–Crippen MR) is 52.2 cm³/mol. The van der Waals surface area contributed by atoms with E-state index in [1.165, 1.54) is 12.8 Å². The first-order valence-corrected chi connectivity index (χ1v) is 4.41. The number of carbonyl (C=O) groups excluding carboxylic acids is 1. The zero-order chi connectivity index (χ0) is 8.27. The third kappa shape index (κ3) is 2.94. The first kappa shape index (κ1) is 11.6. The number of nitrogens with one attached hydrogen (secondary N) is 1. The lowest BCUT2D eigenvalue weighted by molar-refractivity contribution is -0.121. The van der Waals surface area contributed by atoms with Crippen LogP contribution >= 0.6 is 0 Å². The number of carbonyl (C=O) groups is 1. The number of hydrogen-bond donors (Lipinski definition) is 1. The van der Waals surface area contributed by atoms with Crippen LogP contribution in [0.3, 0.4) is 0 Å². The molecule has 2 heteroatoms. The highest BCUT2D eigenvalue weighted by atomic mass is 16.1. The fourth-order valence-corrected chi connectivity index (χ4v) is 1.79. The molecule has 0 bridgehead atoms. The Morgan fingerprint density at radius 2 is 1.75 bits per heavy atom. The van der Waals surface area contributed by atoms with Crippen molar-refractivity contribution in [2.45, 2.75) is 46.1 Å². The Morgan fingerprint density at radius 3 is 2.08 bits per heavy atom. The zero-order valence-electron chi connectivity index (χ0n) is 7.39. The van der Waals surface area contributed by atoms with Crippen molar-refractivity contribution in [1.82, 2.24) is 5.32 Å². The summed E-state index contributed by atoms with van der Waals surface area (Å²) < 4.78 is 0. The summed E-state index contributed by atoms with van der Waals surface area (Å²) in [5, 5.41) is 3.25. The molecule has 0 heterocycles. The van der Waals surface area contributed by atoms with E-state index in [4.69, 9.17) is 0 Å². The van der Waals surface area contributed by atoms with Gasteiger partial charge in [0.15, 0.2) is 0 Å². The van der Waals surface area contributed by atoms with E-state index in [2.05, 4.69) is 5.32 Å². The van der Waals surface area contributed by atoms with E-state index in [9.17, 15) is 4.79 Å². The van der Waals surface area contributed by atoms with Crippen LogP contribution in [0.1, 0.15) is 40.0 Å². The molecule has 0 unspecified atom stereocenters. The van der Waals surface area contributed by atoms with E-state index in [1.807, 2.05) is 7.05 Å². The van der Waals surface area contributed by atoms with Crippen molar-refractivity contribution in [1.29, 1.82) is 0 Å². The summed E-state index contributed by atoms with van der Waals surface area (Å²) in [5.41, 5.74) is 0. The molecule has 0 aliphatic heterocycles. The van der Waals surface area contributed by atoms with E-state index in [0.717, 1.165) is 12.8 Å². The van der Waals surface area contributed by atoms with Gasteiger partial charge >= 0.3 is 0 Å². The summed E-state index contributed by atoms with van der Waals surface area (Å²) in [4.78, 5) is 11.0. The lowest BCUT2D eigenvalue weighted by atomic mass is 9.84. The largest absolute Gasteiger partial charge is 0.317 e. The van der Waals surface area contributed by atoms with Gasteiger partial charge in [-0.25, -0.2) is 0 Å². The van der Waals surface area contributed by atoms with Gasteiger partial charge in [0, 0.05) is 12.0 Å². The number of Topliss-reactive ketones (excluding diaryl/α,β-unsaturated/α-hetero) is 1. The normalized spacial score (nSPS) is 29.2. The molecule has 1 aliphatic carbocycles. The minimum Gasteiger partial charge on any atom is -0.317 e. The molecule has 1 aliphatic rings. The topological polar surface area (TPSA) is 29.1 Å². The van der Waals surface area contributed by atoms with Gasteiger partial charge in [0.2, 0.25) is 0 Å². The maximum atomic E-state index is 11.0. The molecular formula is C10H21NO. The maximum absolute atomic E-state index is 11.0. The Labute approximate surface area is 75.7 Å². The first-order chi connectivity index (χ1) is 5.24. The molecule has 0 aromatic rings.